The largest absolute Gasteiger partial charge is 0.481 e. The number of carboxylic acid groups (broad SMARTS) is 1. The van der Waals surface area contributed by atoms with Gasteiger partial charge in [0.25, 0.3) is 0 Å². The third-order valence-corrected chi connectivity index (χ3v) is 1.43. The maximum Gasteiger partial charge on any atom is 0.303 e. The molecule has 0 aromatic rings. The maximum absolute atomic E-state index is 10.1. The fourth-order valence-corrected chi connectivity index (χ4v) is 0.842. The second-order valence-electron chi connectivity index (χ2n) is 2.61. The number of carbonyl (C=O) groups is 1. The van der Waals surface area contributed by atoms with Crippen LogP contribution in [0.2, 0.25) is 0 Å². The molecular formula is C8H15O2. The zero-order valence-electron chi connectivity index (χ0n) is 6.47. The van der Waals surface area contributed by atoms with Gasteiger partial charge >= 0.3 is 5.97 Å². The Hall–Kier alpha value is -0.530. The van der Waals surface area contributed by atoms with Crippen molar-refractivity contribution in [1.29, 1.82) is 0 Å². The van der Waals surface area contributed by atoms with Gasteiger partial charge < -0.3 is 5.11 Å². The zero-order chi connectivity index (χ0) is 7.98. The lowest BCUT2D eigenvalue weighted by molar-refractivity contribution is -0.137. The first-order chi connectivity index (χ1) is 4.66. The number of aliphatic carboxylic acids is 1. The summed E-state index contributed by atoms with van der Waals surface area (Å²) in [4.78, 5) is 10.1. The van der Waals surface area contributed by atoms with Crippen LogP contribution in [0.4, 0.5) is 0 Å². The van der Waals surface area contributed by atoms with E-state index in [1.807, 2.05) is 0 Å². The summed E-state index contributed by atoms with van der Waals surface area (Å²) >= 11 is 0. The molecule has 0 rings (SSSR count). The smallest absolute Gasteiger partial charge is 0.303 e. The number of unbranched alkanes of at least 4 members (excludes halogenated alkanes) is 1. The van der Waals surface area contributed by atoms with E-state index in [1.165, 1.54) is 0 Å². The van der Waals surface area contributed by atoms with Gasteiger partial charge in [-0.15, -0.1) is 0 Å². The van der Waals surface area contributed by atoms with Crippen molar-refractivity contribution < 1.29 is 9.90 Å². The van der Waals surface area contributed by atoms with Crippen LogP contribution >= 0.6 is 0 Å². The molecule has 0 amide bonds. The van der Waals surface area contributed by atoms with E-state index < -0.39 is 5.97 Å². The van der Waals surface area contributed by atoms with Crippen molar-refractivity contribution in [3.8, 4) is 0 Å². The molecule has 1 atom stereocenters. The van der Waals surface area contributed by atoms with Crippen molar-refractivity contribution in [2.45, 2.75) is 32.6 Å². The van der Waals surface area contributed by atoms with Crippen LogP contribution < -0.4 is 0 Å². The molecule has 0 spiro atoms. The third-order valence-electron chi connectivity index (χ3n) is 1.43. The molecule has 0 fully saturated rings. The number of hydrogen-bond donors (Lipinski definition) is 1. The summed E-state index contributed by atoms with van der Waals surface area (Å²) in [6.45, 7) is 5.83. The summed E-state index contributed by atoms with van der Waals surface area (Å²) in [6, 6.07) is 0. The maximum atomic E-state index is 10.1. The van der Waals surface area contributed by atoms with E-state index in [0.717, 1.165) is 19.3 Å². The van der Waals surface area contributed by atoms with Crippen molar-refractivity contribution in [2.75, 3.05) is 0 Å². The Balaban J connectivity index is 3.25. The normalized spacial score (nSPS) is 13.0. The first-order valence-electron chi connectivity index (χ1n) is 3.71. The van der Waals surface area contributed by atoms with Crippen molar-refractivity contribution in [3.63, 3.8) is 0 Å². The van der Waals surface area contributed by atoms with Gasteiger partial charge in [-0.3, -0.25) is 4.79 Å². The van der Waals surface area contributed by atoms with Gasteiger partial charge in [0.15, 0.2) is 0 Å². The highest BCUT2D eigenvalue weighted by Gasteiger charge is 2.05. The van der Waals surface area contributed by atoms with E-state index in [1.54, 1.807) is 0 Å². The molecule has 0 aromatic heterocycles. The van der Waals surface area contributed by atoms with Gasteiger partial charge in [-0.1, -0.05) is 19.8 Å². The Kier molecular flexibility index (Phi) is 4.99. The molecule has 59 valence electrons. The fraction of sp³-hybridized carbons (Fsp3) is 0.750. The zero-order valence-corrected chi connectivity index (χ0v) is 6.47. The van der Waals surface area contributed by atoms with Crippen LogP contribution in [0.3, 0.4) is 0 Å². The minimum Gasteiger partial charge on any atom is -0.481 e. The van der Waals surface area contributed by atoms with Crippen LogP contribution in [0.25, 0.3) is 0 Å². The molecule has 0 aliphatic heterocycles. The highest BCUT2D eigenvalue weighted by molar-refractivity contribution is 5.67. The van der Waals surface area contributed by atoms with Gasteiger partial charge in [-0.25, -0.2) is 0 Å². The molecule has 1 radical (unpaired) electrons. The Bertz CT molecular complexity index is 99.4. The van der Waals surface area contributed by atoms with E-state index in [0.29, 0.717) is 0 Å². The quantitative estimate of drug-likeness (QED) is 0.640. The number of hydrogen-bond acceptors (Lipinski definition) is 1. The molecular weight excluding hydrogens is 128 g/mol. The average molecular weight is 143 g/mol. The summed E-state index contributed by atoms with van der Waals surface area (Å²) in [5.41, 5.74) is 0. The van der Waals surface area contributed by atoms with E-state index in [-0.39, 0.29) is 12.3 Å². The van der Waals surface area contributed by atoms with Crippen LogP contribution in [0.15, 0.2) is 0 Å². The minimum atomic E-state index is -0.740. The first kappa shape index (κ1) is 9.47. The Labute approximate surface area is 62.2 Å². The molecule has 2 nitrogen and oxygen atoms in total. The summed E-state index contributed by atoms with van der Waals surface area (Å²) in [5.74, 6) is -0.645. The predicted molar refractivity (Wildman–Crippen MR) is 40.6 cm³/mol. The van der Waals surface area contributed by atoms with Crippen LogP contribution in [0, 0.1) is 12.8 Å². The molecule has 1 unspecified atom stereocenters. The molecule has 1 N–H and O–H groups in total. The van der Waals surface area contributed by atoms with Crippen molar-refractivity contribution in [1.82, 2.24) is 0 Å². The SMILES string of the molecule is [CH2]C(CCCC)CC(=O)O. The van der Waals surface area contributed by atoms with Crippen LogP contribution in [0.1, 0.15) is 32.6 Å². The van der Waals surface area contributed by atoms with E-state index in [9.17, 15) is 4.79 Å². The monoisotopic (exact) mass is 143 g/mol. The molecule has 10 heavy (non-hydrogen) atoms. The Morgan fingerprint density at radius 2 is 2.30 bits per heavy atom. The van der Waals surface area contributed by atoms with Crippen molar-refractivity contribution >= 4 is 5.97 Å². The molecule has 0 bridgehead atoms. The molecule has 0 heterocycles. The molecule has 0 aliphatic carbocycles. The summed E-state index contributed by atoms with van der Waals surface area (Å²) in [5, 5.41) is 8.34. The second kappa shape index (κ2) is 5.27. The molecule has 0 saturated carbocycles. The number of rotatable bonds is 5. The molecule has 0 aliphatic rings. The highest BCUT2D eigenvalue weighted by Crippen LogP contribution is 2.10. The van der Waals surface area contributed by atoms with Crippen LogP contribution in [0.5, 0.6) is 0 Å². The third kappa shape index (κ3) is 5.60. The lowest BCUT2D eigenvalue weighted by Gasteiger charge is -2.05. The average Bonchev–Trinajstić information content (AvgIpc) is 1.82. The van der Waals surface area contributed by atoms with Gasteiger partial charge in [0, 0.05) is 6.42 Å². The fourth-order valence-electron chi connectivity index (χ4n) is 0.842. The summed E-state index contributed by atoms with van der Waals surface area (Å²) in [7, 11) is 0. The molecule has 0 saturated heterocycles. The molecule has 0 aromatic carbocycles. The lowest BCUT2D eigenvalue weighted by atomic mass is 10.0. The van der Waals surface area contributed by atoms with Gasteiger partial charge in [-0.2, -0.15) is 0 Å². The van der Waals surface area contributed by atoms with Crippen molar-refractivity contribution in [2.24, 2.45) is 5.92 Å². The van der Waals surface area contributed by atoms with Crippen LogP contribution in [-0.2, 0) is 4.79 Å². The predicted octanol–water partition coefficient (Wildman–Crippen LogP) is 2.10. The lowest BCUT2D eigenvalue weighted by Crippen LogP contribution is -2.03. The second-order valence-corrected chi connectivity index (χ2v) is 2.61. The van der Waals surface area contributed by atoms with Gasteiger partial charge in [0.2, 0.25) is 0 Å². The van der Waals surface area contributed by atoms with Gasteiger partial charge in [0.05, 0.1) is 0 Å². The first-order valence-corrected chi connectivity index (χ1v) is 3.71. The Morgan fingerprint density at radius 3 is 2.70 bits per heavy atom. The standard InChI is InChI=1S/C8H15O2/c1-3-4-5-7(2)6-8(9)10/h7H,2-6H2,1H3,(H,9,10). The van der Waals surface area contributed by atoms with E-state index in [2.05, 4.69) is 13.8 Å². The minimum absolute atomic E-state index is 0.0949. The van der Waals surface area contributed by atoms with E-state index in [4.69, 9.17) is 5.11 Å². The van der Waals surface area contributed by atoms with Crippen molar-refractivity contribution in [3.05, 3.63) is 6.92 Å². The summed E-state index contributed by atoms with van der Waals surface area (Å²) in [6.07, 6.45) is 3.34. The van der Waals surface area contributed by atoms with Gasteiger partial charge in [0.1, 0.15) is 0 Å². The highest BCUT2D eigenvalue weighted by atomic mass is 16.4. The number of carboxylic acids is 1. The van der Waals surface area contributed by atoms with Gasteiger partial charge in [-0.05, 0) is 19.3 Å². The summed E-state index contributed by atoms with van der Waals surface area (Å²) < 4.78 is 0. The molecule has 2 heteroatoms. The topological polar surface area (TPSA) is 37.3 Å². The van der Waals surface area contributed by atoms with Crippen LogP contribution in [-0.4, -0.2) is 11.1 Å². The Morgan fingerprint density at radius 1 is 1.70 bits per heavy atom. The van der Waals surface area contributed by atoms with E-state index >= 15 is 0 Å².